The van der Waals surface area contributed by atoms with E-state index in [9.17, 15) is 22.8 Å². The van der Waals surface area contributed by atoms with Crippen molar-refractivity contribution in [3.63, 3.8) is 0 Å². The van der Waals surface area contributed by atoms with E-state index in [1.54, 1.807) is 20.8 Å². The van der Waals surface area contributed by atoms with Crippen LogP contribution < -0.4 is 10.7 Å². The monoisotopic (exact) mass is 454 g/mol. The first kappa shape index (κ1) is 22.5. The Morgan fingerprint density at radius 2 is 1.84 bits per heavy atom. The van der Waals surface area contributed by atoms with Crippen LogP contribution in [-0.4, -0.2) is 32.7 Å². The van der Waals surface area contributed by atoms with E-state index >= 15 is 0 Å². The van der Waals surface area contributed by atoms with Gasteiger partial charge in [-0.15, -0.1) is 0 Å². The fourth-order valence-corrected chi connectivity index (χ4v) is 2.92. The molecule has 0 fully saturated rings. The zero-order chi connectivity index (χ0) is 23.1. The lowest BCUT2D eigenvalue weighted by Gasteiger charge is -2.22. The number of hydrogen-bond donors (Lipinski definition) is 1. The molecule has 3 heterocycles. The number of rotatable bonds is 4. The molecule has 0 unspecified atom stereocenters. The number of carbonyl (C=O) groups excluding carboxylic acids is 1. The van der Waals surface area contributed by atoms with E-state index in [0.717, 1.165) is 16.8 Å². The third kappa shape index (κ3) is 4.48. The molecular weight excluding hydrogens is 437 g/mol. The highest BCUT2D eigenvalue weighted by Crippen LogP contribution is 2.25. The average Bonchev–Trinajstić information content (AvgIpc) is 2.65. The van der Waals surface area contributed by atoms with Crippen molar-refractivity contribution < 1.29 is 22.7 Å². The molecule has 0 aliphatic heterocycles. The number of esters is 1. The van der Waals surface area contributed by atoms with Crippen LogP contribution in [-0.2, 0) is 4.74 Å². The Labute approximate surface area is 179 Å². The van der Waals surface area contributed by atoms with Crippen LogP contribution in [0.2, 0.25) is 5.15 Å². The van der Waals surface area contributed by atoms with Gasteiger partial charge in [0.1, 0.15) is 5.56 Å². The van der Waals surface area contributed by atoms with E-state index in [4.69, 9.17) is 16.3 Å². The predicted octanol–water partition coefficient (Wildman–Crippen LogP) is 4.24. The molecule has 1 N–H and O–H groups in total. The smallest absolute Gasteiger partial charge is 0.343 e. The third-order valence-corrected chi connectivity index (χ3v) is 4.28. The van der Waals surface area contributed by atoms with Crippen LogP contribution >= 0.6 is 11.6 Å². The van der Waals surface area contributed by atoms with Gasteiger partial charge in [-0.3, -0.25) is 9.36 Å². The van der Waals surface area contributed by atoms with Gasteiger partial charge in [-0.1, -0.05) is 11.6 Å². The van der Waals surface area contributed by atoms with Crippen molar-refractivity contribution in [3.05, 3.63) is 56.7 Å². The number of halogens is 4. The standard InChI is InChI=1S/C20H18ClF3N4O3/c1-5-31-19(30)10-8-28(17-9(14(10)29)6-11(22)15(21)25-17)18-13(24)7-12(23)16(26-18)27-20(2,3)4/h6-8H,5H2,1-4H3,(H,26,27). The maximum absolute atomic E-state index is 14.8. The third-order valence-electron chi connectivity index (χ3n) is 4.02. The van der Waals surface area contributed by atoms with Crippen molar-refractivity contribution in [2.45, 2.75) is 33.2 Å². The molecule has 0 aliphatic rings. The number of fused-ring (bicyclic) bond motifs is 1. The molecule has 0 radical (unpaired) electrons. The van der Waals surface area contributed by atoms with Gasteiger partial charge < -0.3 is 10.1 Å². The summed E-state index contributed by atoms with van der Waals surface area (Å²) in [7, 11) is 0. The minimum absolute atomic E-state index is 0.0354. The highest BCUT2D eigenvalue weighted by atomic mass is 35.5. The lowest BCUT2D eigenvalue weighted by atomic mass is 10.1. The number of hydrogen-bond acceptors (Lipinski definition) is 6. The van der Waals surface area contributed by atoms with Gasteiger partial charge in [-0.25, -0.2) is 27.9 Å². The van der Waals surface area contributed by atoms with Crippen LogP contribution in [0.4, 0.5) is 19.0 Å². The van der Waals surface area contributed by atoms with Crippen LogP contribution in [0.5, 0.6) is 0 Å². The van der Waals surface area contributed by atoms with E-state index in [-0.39, 0.29) is 23.5 Å². The maximum Gasteiger partial charge on any atom is 0.343 e. The molecule has 0 amide bonds. The summed E-state index contributed by atoms with van der Waals surface area (Å²) in [6.45, 7) is 6.73. The zero-order valence-electron chi connectivity index (χ0n) is 17.0. The number of anilines is 1. The van der Waals surface area contributed by atoms with Crippen LogP contribution in [0.15, 0.2) is 23.1 Å². The van der Waals surface area contributed by atoms with E-state index in [1.807, 2.05) is 0 Å². The Morgan fingerprint density at radius 3 is 2.45 bits per heavy atom. The molecule has 0 spiro atoms. The summed E-state index contributed by atoms with van der Waals surface area (Å²) in [5.41, 5.74) is -2.28. The van der Waals surface area contributed by atoms with Gasteiger partial charge in [0.25, 0.3) is 0 Å². The zero-order valence-corrected chi connectivity index (χ0v) is 17.8. The van der Waals surface area contributed by atoms with Crippen molar-refractivity contribution in [2.24, 2.45) is 0 Å². The van der Waals surface area contributed by atoms with Gasteiger partial charge in [0, 0.05) is 17.8 Å². The SMILES string of the molecule is CCOC(=O)c1cn(-c2nc(NC(C)(C)C)c(F)cc2F)c2nc(Cl)c(F)cc2c1=O. The quantitative estimate of drug-likeness (QED) is 0.469. The van der Waals surface area contributed by atoms with Gasteiger partial charge in [0.05, 0.1) is 12.0 Å². The highest BCUT2D eigenvalue weighted by Gasteiger charge is 2.23. The number of ether oxygens (including phenoxy) is 1. The molecule has 0 atom stereocenters. The van der Waals surface area contributed by atoms with Crippen molar-refractivity contribution in [2.75, 3.05) is 11.9 Å². The van der Waals surface area contributed by atoms with Gasteiger partial charge in [-0.05, 0) is 33.8 Å². The number of nitrogens with zero attached hydrogens (tertiary/aromatic N) is 3. The van der Waals surface area contributed by atoms with Crippen molar-refractivity contribution >= 4 is 34.4 Å². The topological polar surface area (TPSA) is 86.1 Å². The second kappa shape index (κ2) is 8.18. The molecule has 0 bridgehead atoms. The molecule has 0 aromatic carbocycles. The molecule has 164 valence electrons. The van der Waals surface area contributed by atoms with Crippen molar-refractivity contribution in [1.82, 2.24) is 14.5 Å². The second-order valence-electron chi connectivity index (χ2n) is 7.59. The Balaban J connectivity index is 2.40. The first-order valence-electron chi connectivity index (χ1n) is 9.16. The summed E-state index contributed by atoms with van der Waals surface area (Å²) < 4.78 is 48.9. The van der Waals surface area contributed by atoms with Gasteiger partial charge in [0.15, 0.2) is 39.9 Å². The summed E-state index contributed by atoms with van der Waals surface area (Å²) in [5.74, 6) is -4.85. The lowest BCUT2D eigenvalue weighted by Crippen LogP contribution is -2.28. The second-order valence-corrected chi connectivity index (χ2v) is 7.95. The molecule has 0 saturated heterocycles. The van der Waals surface area contributed by atoms with Crippen LogP contribution in [0.25, 0.3) is 16.9 Å². The molecule has 0 saturated carbocycles. The van der Waals surface area contributed by atoms with Crippen LogP contribution in [0.1, 0.15) is 38.1 Å². The van der Waals surface area contributed by atoms with Crippen molar-refractivity contribution in [3.8, 4) is 5.82 Å². The normalized spacial score (nSPS) is 11.6. The number of aromatic nitrogens is 3. The number of carbonyl (C=O) groups is 1. The Morgan fingerprint density at radius 1 is 1.16 bits per heavy atom. The van der Waals surface area contributed by atoms with Gasteiger partial charge in [0.2, 0.25) is 5.43 Å². The van der Waals surface area contributed by atoms with E-state index in [1.165, 1.54) is 6.92 Å². The molecule has 7 nitrogen and oxygen atoms in total. The first-order chi connectivity index (χ1) is 14.4. The maximum atomic E-state index is 14.8. The van der Waals surface area contributed by atoms with Crippen LogP contribution in [0, 0.1) is 17.5 Å². The molecular formula is C20H18ClF3N4O3. The summed E-state index contributed by atoms with van der Waals surface area (Å²) >= 11 is 5.76. The summed E-state index contributed by atoms with van der Waals surface area (Å²) in [6, 6.07) is 1.37. The predicted molar refractivity (Wildman–Crippen MR) is 109 cm³/mol. The highest BCUT2D eigenvalue weighted by molar-refractivity contribution is 6.29. The molecule has 3 aromatic heterocycles. The van der Waals surface area contributed by atoms with Gasteiger partial charge in [-0.2, -0.15) is 0 Å². The Bertz CT molecular complexity index is 1260. The summed E-state index contributed by atoms with van der Waals surface area (Å²) in [5, 5.41) is 1.86. The minimum Gasteiger partial charge on any atom is -0.462 e. The molecule has 3 rings (SSSR count). The lowest BCUT2D eigenvalue weighted by molar-refractivity contribution is 0.0524. The largest absolute Gasteiger partial charge is 0.462 e. The van der Waals surface area contributed by atoms with Gasteiger partial charge >= 0.3 is 5.97 Å². The van der Waals surface area contributed by atoms with Crippen LogP contribution in [0.3, 0.4) is 0 Å². The average molecular weight is 455 g/mol. The number of pyridine rings is 3. The van der Waals surface area contributed by atoms with E-state index < -0.39 is 50.9 Å². The summed E-state index contributed by atoms with van der Waals surface area (Å²) in [6.07, 6.45) is 0.952. The Hall–Kier alpha value is -3.14. The fourth-order valence-electron chi connectivity index (χ4n) is 2.79. The molecule has 31 heavy (non-hydrogen) atoms. The fraction of sp³-hybridized carbons (Fsp3) is 0.300. The Kier molecular flexibility index (Phi) is 5.95. The number of nitrogens with one attached hydrogen (secondary N) is 1. The van der Waals surface area contributed by atoms with E-state index in [2.05, 4.69) is 15.3 Å². The molecule has 3 aromatic rings. The minimum atomic E-state index is -1.11. The summed E-state index contributed by atoms with van der Waals surface area (Å²) in [4.78, 5) is 32.8. The van der Waals surface area contributed by atoms with E-state index in [0.29, 0.717) is 6.07 Å². The van der Waals surface area contributed by atoms with Crippen molar-refractivity contribution in [1.29, 1.82) is 0 Å². The molecule has 11 heteroatoms. The molecule has 0 aliphatic carbocycles. The first-order valence-corrected chi connectivity index (χ1v) is 9.54.